The van der Waals surface area contributed by atoms with Crippen molar-refractivity contribution in [3.63, 3.8) is 0 Å². The van der Waals surface area contributed by atoms with Crippen LogP contribution in [0.15, 0.2) is 29.0 Å². The van der Waals surface area contributed by atoms with Crippen molar-refractivity contribution in [2.24, 2.45) is 11.8 Å². The summed E-state index contributed by atoms with van der Waals surface area (Å²) in [5, 5.41) is 0. The lowest BCUT2D eigenvalue weighted by Crippen LogP contribution is -2.73. The van der Waals surface area contributed by atoms with Gasteiger partial charge < -0.3 is 0 Å². The minimum atomic E-state index is -6.85. The van der Waals surface area contributed by atoms with Crippen molar-refractivity contribution in [3.8, 4) is 0 Å². The molecule has 3 unspecified atom stereocenters. The smallest absolute Gasteiger partial charge is 0.271 e. The van der Waals surface area contributed by atoms with E-state index in [0.29, 0.717) is 0 Å². The van der Waals surface area contributed by atoms with Crippen LogP contribution >= 0.6 is 0 Å². The monoisotopic (exact) mass is 354 g/mol. The highest BCUT2D eigenvalue weighted by Crippen LogP contribution is 2.69. The molecule has 0 aromatic rings. The second kappa shape index (κ2) is 3.94. The van der Waals surface area contributed by atoms with Crippen LogP contribution in [0.1, 0.15) is 0 Å². The van der Waals surface area contributed by atoms with E-state index in [1.54, 1.807) is 0 Å². The minimum absolute atomic E-state index is 0.252. The average molecular weight is 354 g/mol. The fourth-order valence-corrected chi connectivity index (χ4v) is 2.84. The highest BCUT2D eigenvalue weighted by molar-refractivity contribution is 5.53. The van der Waals surface area contributed by atoms with Gasteiger partial charge in [0.2, 0.25) is 0 Å². The van der Waals surface area contributed by atoms with Crippen LogP contribution in [0, 0.1) is 11.8 Å². The number of rotatable bonds is 3. The van der Waals surface area contributed by atoms with Gasteiger partial charge in [-0.1, -0.05) is 0 Å². The molecule has 0 amide bonds. The van der Waals surface area contributed by atoms with E-state index in [4.69, 9.17) is 0 Å². The molecule has 0 radical (unpaired) electrons. The van der Waals surface area contributed by atoms with E-state index >= 15 is 0 Å². The largest absolute Gasteiger partial charge is 0.462 e. The fraction of sp³-hybridized carbons (Fsp3) is 0.583. The van der Waals surface area contributed by atoms with Crippen molar-refractivity contribution in [2.45, 2.75) is 30.0 Å². The molecule has 2 bridgehead atoms. The third-order valence-electron chi connectivity index (χ3n) is 3.98. The Balaban J connectivity index is 1.94. The second-order valence-corrected chi connectivity index (χ2v) is 5.28. The molecule has 3 aliphatic rings. The van der Waals surface area contributed by atoms with Gasteiger partial charge in [0.25, 0.3) is 5.85 Å². The number of fused-ring (bicyclic) bond motifs is 3. The Morgan fingerprint density at radius 1 is 0.870 bits per heavy atom. The standard InChI is InChI=1S/C12H4F10O/c13-8(14)6-4-1-2-5(3-4)7(6)9(8,15)23-12(21,22)10(16,17)11(18,19)20/h1-2,6-7H. The van der Waals surface area contributed by atoms with Gasteiger partial charge in [-0.25, -0.2) is 4.39 Å². The Morgan fingerprint density at radius 2 is 1.35 bits per heavy atom. The van der Waals surface area contributed by atoms with Crippen LogP contribution in [0.5, 0.6) is 0 Å². The van der Waals surface area contributed by atoms with Crippen molar-refractivity contribution >= 4 is 0 Å². The summed E-state index contributed by atoms with van der Waals surface area (Å²) in [6.07, 6.45) is -11.2. The van der Waals surface area contributed by atoms with Gasteiger partial charge in [-0.2, -0.15) is 39.5 Å². The summed E-state index contributed by atoms with van der Waals surface area (Å²) < 4.78 is 132. The lowest BCUT2D eigenvalue weighted by molar-refractivity contribution is -0.503. The lowest BCUT2D eigenvalue weighted by atomic mass is 9.60. The topological polar surface area (TPSA) is 9.23 Å². The van der Waals surface area contributed by atoms with Crippen molar-refractivity contribution in [1.82, 2.24) is 0 Å². The van der Waals surface area contributed by atoms with E-state index in [0.717, 1.165) is 12.2 Å². The quantitative estimate of drug-likeness (QED) is 0.540. The molecule has 0 N–H and O–H groups in total. The van der Waals surface area contributed by atoms with Gasteiger partial charge in [-0.3, -0.25) is 4.74 Å². The zero-order chi connectivity index (χ0) is 17.6. The summed E-state index contributed by atoms with van der Waals surface area (Å²) in [5.41, 5.74) is 1.61. The van der Waals surface area contributed by atoms with Crippen molar-refractivity contribution in [1.29, 1.82) is 0 Å². The van der Waals surface area contributed by atoms with Crippen LogP contribution in [-0.2, 0) is 4.74 Å². The summed E-state index contributed by atoms with van der Waals surface area (Å²) in [6.45, 7) is 0. The summed E-state index contributed by atoms with van der Waals surface area (Å²) >= 11 is 0. The van der Waals surface area contributed by atoms with E-state index in [9.17, 15) is 43.9 Å². The number of alkyl halides is 10. The van der Waals surface area contributed by atoms with Crippen LogP contribution in [0.4, 0.5) is 43.9 Å². The van der Waals surface area contributed by atoms with E-state index in [-0.39, 0.29) is 11.1 Å². The molecular weight excluding hydrogens is 350 g/mol. The average Bonchev–Trinajstić information content (AvgIpc) is 2.95. The summed E-state index contributed by atoms with van der Waals surface area (Å²) in [4.78, 5) is 0. The van der Waals surface area contributed by atoms with Gasteiger partial charge in [0, 0.05) is 11.1 Å². The van der Waals surface area contributed by atoms with Crippen LogP contribution in [0.3, 0.4) is 0 Å². The minimum Gasteiger partial charge on any atom is -0.271 e. The molecule has 0 heterocycles. The number of hydrogen-bond acceptors (Lipinski definition) is 1. The van der Waals surface area contributed by atoms with Gasteiger partial charge in [-0.15, -0.1) is 5.73 Å². The van der Waals surface area contributed by atoms with Crippen LogP contribution < -0.4 is 0 Å². The number of halogens is 10. The summed E-state index contributed by atoms with van der Waals surface area (Å²) in [6, 6.07) is 0. The van der Waals surface area contributed by atoms with E-state index in [1.807, 2.05) is 0 Å². The SMILES string of the molecule is FC(F)(F)C(F)(F)C(F)(F)OC1(F)C2C3=C=C(C=C3)C2C1(F)F. The molecule has 0 aromatic carbocycles. The Kier molecular flexibility index (Phi) is 2.81. The molecule has 11 heteroatoms. The molecule has 1 fully saturated rings. The second-order valence-electron chi connectivity index (χ2n) is 5.28. The maximum atomic E-state index is 14.3. The Morgan fingerprint density at radius 3 is 1.83 bits per heavy atom. The molecule has 3 aliphatic carbocycles. The molecule has 128 valence electrons. The Hall–Kier alpha value is -1.48. The van der Waals surface area contributed by atoms with Crippen LogP contribution in [-0.4, -0.2) is 30.0 Å². The van der Waals surface area contributed by atoms with Gasteiger partial charge in [-0.05, 0) is 12.2 Å². The molecular formula is C12H4F10O. The van der Waals surface area contributed by atoms with Crippen molar-refractivity contribution in [3.05, 3.63) is 29.0 Å². The molecule has 0 saturated heterocycles. The predicted molar refractivity (Wildman–Crippen MR) is 52.5 cm³/mol. The Bertz CT molecular complexity index is 666. The van der Waals surface area contributed by atoms with E-state index in [2.05, 4.69) is 10.5 Å². The summed E-state index contributed by atoms with van der Waals surface area (Å²) in [7, 11) is 0. The van der Waals surface area contributed by atoms with Gasteiger partial charge in [0.1, 0.15) is 0 Å². The zero-order valence-corrected chi connectivity index (χ0v) is 10.5. The zero-order valence-electron chi connectivity index (χ0n) is 10.5. The summed E-state index contributed by atoms with van der Waals surface area (Å²) in [5.74, 6) is -20.4. The first-order chi connectivity index (χ1) is 10.2. The molecule has 1 saturated carbocycles. The maximum Gasteiger partial charge on any atom is 0.462 e. The third kappa shape index (κ3) is 1.69. The van der Waals surface area contributed by atoms with Crippen molar-refractivity contribution in [2.75, 3.05) is 0 Å². The lowest BCUT2D eigenvalue weighted by Gasteiger charge is -2.55. The first-order valence-corrected chi connectivity index (χ1v) is 5.95. The molecule has 0 aliphatic heterocycles. The van der Waals surface area contributed by atoms with Gasteiger partial charge in [0.05, 0.1) is 11.8 Å². The highest BCUT2D eigenvalue weighted by atomic mass is 19.4. The third-order valence-corrected chi connectivity index (χ3v) is 3.98. The first-order valence-electron chi connectivity index (χ1n) is 5.95. The number of hydrogen-bond donors (Lipinski definition) is 0. The van der Waals surface area contributed by atoms with E-state index in [1.165, 1.54) is 0 Å². The number of ether oxygens (including phenoxy) is 1. The molecule has 23 heavy (non-hydrogen) atoms. The van der Waals surface area contributed by atoms with Gasteiger partial charge in [0.15, 0.2) is 0 Å². The molecule has 0 spiro atoms. The van der Waals surface area contributed by atoms with Crippen LogP contribution in [0.2, 0.25) is 0 Å². The Labute approximate surface area is 120 Å². The molecule has 1 nitrogen and oxygen atoms in total. The first kappa shape index (κ1) is 16.4. The normalized spacial score (nSPS) is 34.9. The molecule has 3 atom stereocenters. The van der Waals surface area contributed by atoms with Crippen LogP contribution in [0.25, 0.3) is 0 Å². The number of allylic oxidation sites excluding steroid dienone is 2. The van der Waals surface area contributed by atoms with E-state index < -0.39 is 41.8 Å². The predicted octanol–water partition coefficient (Wildman–Crippen LogP) is 4.38. The maximum absolute atomic E-state index is 14.3. The fourth-order valence-electron chi connectivity index (χ4n) is 2.84. The van der Waals surface area contributed by atoms with Crippen molar-refractivity contribution < 1.29 is 48.6 Å². The van der Waals surface area contributed by atoms with Gasteiger partial charge >= 0.3 is 24.1 Å². The highest BCUT2D eigenvalue weighted by Gasteiger charge is 2.86. The molecule has 3 rings (SSSR count). The molecule has 0 aromatic heterocycles.